The van der Waals surface area contributed by atoms with Crippen molar-refractivity contribution in [3.05, 3.63) is 59.2 Å². The van der Waals surface area contributed by atoms with Crippen LogP contribution in [0.5, 0.6) is 0 Å². The zero-order valence-corrected chi connectivity index (χ0v) is 9.76. The summed E-state index contributed by atoms with van der Waals surface area (Å²) >= 11 is 0. The summed E-state index contributed by atoms with van der Waals surface area (Å²) in [5.41, 5.74) is 9.90. The van der Waals surface area contributed by atoms with E-state index in [4.69, 9.17) is 5.73 Å². The number of hydrogen-bond donors (Lipinski definition) is 2. The van der Waals surface area contributed by atoms with E-state index in [2.05, 4.69) is 0 Å². The minimum Gasteiger partial charge on any atom is -0.384 e. The summed E-state index contributed by atoms with van der Waals surface area (Å²) in [5, 5.41) is 10.3. The maximum atomic E-state index is 10.9. The van der Waals surface area contributed by atoms with Gasteiger partial charge in [0.1, 0.15) is 6.10 Å². The Kier molecular flexibility index (Phi) is 2.42. The largest absolute Gasteiger partial charge is 0.384 e. The van der Waals surface area contributed by atoms with Gasteiger partial charge < -0.3 is 10.8 Å². The number of primary amides is 1. The van der Waals surface area contributed by atoms with Crippen LogP contribution in [0.3, 0.4) is 0 Å². The number of aliphatic hydroxyl groups excluding tert-OH is 1. The average Bonchev–Trinajstić information content (AvgIpc) is 2.63. The predicted octanol–water partition coefficient (Wildman–Crippen LogP) is 1.78. The van der Waals surface area contributed by atoms with Crippen molar-refractivity contribution in [1.82, 2.24) is 0 Å². The summed E-state index contributed by atoms with van der Waals surface area (Å²) in [6.07, 6.45) is -0.403. The molecule has 0 aliphatic heterocycles. The molecule has 3 N–H and O–H groups in total. The monoisotopic (exact) mass is 239 g/mol. The van der Waals surface area contributed by atoms with Crippen molar-refractivity contribution in [3.8, 4) is 11.1 Å². The molecule has 2 aromatic rings. The Morgan fingerprint density at radius 3 is 2.61 bits per heavy atom. The zero-order valence-electron chi connectivity index (χ0n) is 9.76. The van der Waals surface area contributed by atoms with Crippen molar-refractivity contribution in [3.63, 3.8) is 0 Å². The Hall–Kier alpha value is -2.13. The van der Waals surface area contributed by atoms with Gasteiger partial charge in [0.15, 0.2) is 0 Å². The van der Waals surface area contributed by atoms with Crippen LogP contribution in [0, 0.1) is 0 Å². The molecule has 0 radical (unpaired) electrons. The fraction of sp³-hybridized carbons (Fsp3) is 0.133. The van der Waals surface area contributed by atoms with Gasteiger partial charge in [0.25, 0.3) is 0 Å². The first-order valence-electron chi connectivity index (χ1n) is 5.85. The minimum absolute atomic E-state index is 0.205. The summed E-state index contributed by atoms with van der Waals surface area (Å²) in [6, 6.07) is 13.5. The maximum absolute atomic E-state index is 10.9. The molecular weight excluding hydrogens is 226 g/mol. The molecule has 1 atom stereocenters. The summed E-state index contributed by atoms with van der Waals surface area (Å²) < 4.78 is 0. The number of nitrogens with two attached hydrogens (primary N) is 1. The molecule has 1 aliphatic carbocycles. The van der Waals surface area contributed by atoms with E-state index in [1.54, 1.807) is 0 Å². The van der Waals surface area contributed by atoms with Gasteiger partial charge in [-0.25, -0.2) is 0 Å². The number of benzene rings is 2. The van der Waals surface area contributed by atoms with E-state index in [1.807, 2.05) is 42.5 Å². The van der Waals surface area contributed by atoms with E-state index < -0.39 is 6.10 Å². The van der Waals surface area contributed by atoms with Crippen molar-refractivity contribution in [2.75, 3.05) is 0 Å². The Balaban J connectivity index is 2.10. The smallest absolute Gasteiger partial charge is 0.221 e. The minimum atomic E-state index is -0.607. The summed E-state index contributed by atoms with van der Waals surface area (Å²) in [4.78, 5) is 10.9. The first-order chi connectivity index (χ1) is 8.66. The molecule has 90 valence electrons. The highest BCUT2D eigenvalue weighted by Gasteiger charge is 2.26. The Morgan fingerprint density at radius 2 is 1.83 bits per heavy atom. The number of carbonyl (C=O) groups is 1. The third-order valence-electron chi connectivity index (χ3n) is 3.33. The van der Waals surface area contributed by atoms with Gasteiger partial charge in [0.05, 0.1) is 6.42 Å². The lowest BCUT2D eigenvalue weighted by molar-refractivity contribution is -0.117. The van der Waals surface area contributed by atoms with E-state index in [1.165, 1.54) is 0 Å². The van der Waals surface area contributed by atoms with Crippen molar-refractivity contribution in [2.24, 2.45) is 5.73 Å². The van der Waals surface area contributed by atoms with E-state index in [0.29, 0.717) is 0 Å². The van der Waals surface area contributed by atoms with Gasteiger partial charge >= 0.3 is 0 Å². The fourth-order valence-electron chi connectivity index (χ4n) is 2.54. The topological polar surface area (TPSA) is 63.3 Å². The molecule has 0 heterocycles. The van der Waals surface area contributed by atoms with Crippen LogP contribution in [0.4, 0.5) is 0 Å². The molecule has 18 heavy (non-hydrogen) atoms. The van der Waals surface area contributed by atoms with Crippen LogP contribution in [-0.4, -0.2) is 11.0 Å². The number of amides is 1. The van der Waals surface area contributed by atoms with Crippen LogP contribution < -0.4 is 5.73 Å². The van der Waals surface area contributed by atoms with Crippen molar-refractivity contribution >= 4 is 5.91 Å². The summed E-state index contributed by atoms with van der Waals surface area (Å²) in [5.74, 6) is -0.361. The summed E-state index contributed by atoms with van der Waals surface area (Å²) in [6.45, 7) is 0. The number of fused-ring (bicyclic) bond motifs is 3. The predicted molar refractivity (Wildman–Crippen MR) is 68.8 cm³/mol. The van der Waals surface area contributed by atoms with E-state index >= 15 is 0 Å². The molecule has 3 heteroatoms. The number of hydrogen-bond acceptors (Lipinski definition) is 2. The van der Waals surface area contributed by atoms with Crippen molar-refractivity contribution in [1.29, 1.82) is 0 Å². The summed E-state index contributed by atoms with van der Waals surface area (Å²) in [7, 11) is 0. The van der Waals surface area contributed by atoms with Crippen molar-refractivity contribution in [2.45, 2.75) is 12.5 Å². The second-order valence-electron chi connectivity index (χ2n) is 4.55. The van der Waals surface area contributed by atoms with Crippen molar-refractivity contribution < 1.29 is 9.90 Å². The Morgan fingerprint density at radius 1 is 1.11 bits per heavy atom. The van der Waals surface area contributed by atoms with Crippen LogP contribution in [-0.2, 0) is 11.2 Å². The van der Waals surface area contributed by atoms with E-state index in [-0.39, 0.29) is 12.3 Å². The molecule has 0 aromatic heterocycles. The van der Waals surface area contributed by atoms with E-state index in [9.17, 15) is 9.90 Å². The molecule has 1 aliphatic rings. The molecule has 3 rings (SSSR count). The Bertz CT molecular complexity index is 634. The van der Waals surface area contributed by atoms with Gasteiger partial charge in [-0.15, -0.1) is 0 Å². The molecule has 2 aromatic carbocycles. The highest BCUT2D eigenvalue weighted by molar-refractivity contribution is 5.80. The maximum Gasteiger partial charge on any atom is 0.221 e. The molecule has 0 saturated heterocycles. The molecule has 1 unspecified atom stereocenters. The van der Waals surface area contributed by atoms with Gasteiger partial charge in [0, 0.05) is 0 Å². The van der Waals surface area contributed by atoms with Crippen LogP contribution in [0.2, 0.25) is 0 Å². The quantitative estimate of drug-likeness (QED) is 0.839. The van der Waals surface area contributed by atoms with Gasteiger partial charge in [-0.1, -0.05) is 42.5 Å². The van der Waals surface area contributed by atoms with Crippen LogP contribution in [0.15, 0.2) is 42.5 Å². The molecule has 3 nitrogen and oxygen atoms in total. The van der Waals surface area contributed by atoms with Crippen LogP contribution in [0.1, 0.15) is 22.8 Å². The molecule has 0 bridgehead atoms. The zero-order chi connectivity index (χ0) is 12.7. The third-order valence-corrected chi connectivity index (χ3v) is 3.33. The molecule has 1 amide bonds. The molecule has 0 saturated carbocycles. The molecule has 0 spiro atoms. The normalized spacial score (nSPS) is 16.2. The first-order valence-corrected chi connectivity index (χ1v) is 5.85. The van der Waals surface area contributed by atoms with Crippen LogP contribution >= 0.6 is 0 Å². The number of rotatable bonds is 2. The second kappa shape index (κ2) is 3.96. The van der Waals surface area contributed by atoms with Gasteiger partial charge in [0.2, 0.25) is 5.91 Å². The van der Waals surface area contributed by atoms with E-state index in [0.717, 1.165) is 27.8 Å². The Labute approximate surface area is 105 Å². The molecular formula is C15H13NO2. The van der Waals surface area contributed by atoms with Gasteiger partial charge in [-0.05, 0) is 27.8 Å². The lowest BCUT2D eigenvalue weighted by atomic mass is 10.0. The average molecular weight is 239 g/mol. The third kappa shape index (κ3) is 1.60. The van der Waals surface area contributed by atoms with Crippen LogP contribution in [0.25, 0.3) is 11.1 Å². The number of carbonyl (C=O) groups excluding carboxylic acids is 1. The molecule has 0 fully saturated rings. The SMILES string of the molecule is NC(=O)Cc1ccc2c(c1)C(O)c1ccccc1-2. The van der Waals surface area contributed by atoms with Gasteiger partial charge in [-0.3, -0.25) is 4.79 Å². The fourth-order valence-corrected chi connectivity index (χ4v) is 2.54. The van der Waals surface area contributed by atoms with Gasteiger partial charge in [-0.2, -0.15) is 0 Å². The standard InChI is InChI=1S/C15H13NO2/c16-14(17)8-9-5-6-11-10-3-1-2-4-12(10)15(18)13(11)7-9/h1-7,15,18H,8H2,(H2,16,17). The lowest BCUT2D eigenvalue weighted by Crippen LogP contribution is -2.13. The highest BCUT2D eigenvalue weighted by Crippen LogP contribution is 2.43. The second-order valence-corrected chi connectivity index (χ2v) is 4.55. The first kappa shape index (κ1) is 11.0. The lowest BCUT2D eigenvalue weighted by Gasteiger charge is -2.07. The number of aliphatic hydroxyl groups is 1. The highest BCUT2D eigenvalue weighted by atomic mass is 16.3.